The predicted molar refractivity (Wildman–Crippen MR) is 60.6 cm³/mol. The van der Waals surface area contributed by atoms with Crippen LogP contribution in [-0.4, -0.2) is 11.2 Å². The monoisotopic (exact) mass is 280 g/mol. The summed E-state index contributed by atoms with van der Waals surface area (Å²) in [5.41, 5.74) is 0. The summed E-state index contributed by atoms with van der Waals surface area (Å²) in [4.78, 5) is 14.1. The van der Waals surface area contributed by atoms with Crippen molar-refractivity contribution in [3.63, 3.8) is 0 Å². The molecule has 0 aromatic heterocycles. The first-order chi connectivity index (χ1) is 7.31. The maximum Gasteiger partial charge on any atom is 0.342 e. The molecule has 1 N–H and O–H groups in total. The van der Waals surface area contributed by atoms with Gasteiger partial charge >= 0.3 is 5.97 Å². The molecule has 0 aliphatic rings. The Morgan fingerprint density at radius 1 is 0.938 bits per heavy atom. The largest absolute Gasteiger partial charge is 0.342 e. The fraction of sp³-hybridized carbons (Fsp3) is 0.917. The molecule has 16 heavy (non-hydrogen) atoms. The summed E-state index contributed by atoms with van der Waals surface area (Å²) in [5.74, 6) is -0.516. The molecule has 0 rings (SSSR count). The summed E-state index contributed by atoms with van der Waals surface area (Å²) in [7, 11) is 0. The van der Waals surface area contributed by atoms with Crippen LogP contribution in [0, 0.1) is 0 Å². The Morgan fingerprint density at radius 3 is 1.81 bits per heavy atom. The van der Waals surface area contributed by atoms with Crippen molar-refractivity contribution >= 4 is 5.97 Å². The Balaban J connectivity index is 0. The molecule has 0 atom stereocenters. The minimum atomic E-state index is -0.516. The maximum absolute atomic E-state index is 10.5. The Hall–Kier alpha value is 0.0534. The van der Waals surface area contributed by atoms with Gasteiger partial charge in [0.25, 0.3) is 0 Å². The van der Waals surface area contributed by atoms with E-state index in [2.05, 4.69) is 11.8 Å². The number of unbranched alkanes of at least 4 members (excludes halogenated alkanes) is 8. The zero-order chi connectivity index (χ0) is 11.4. The molecule has 3 nitrogen and oxygen atoms in total. The zero-order valence-electron chi connectivity index (χ0n) is 10.5. The van der Waals surface area contributed by atoms with E-state index < -0.39 is 5.97 Å². The maximum atomic E-state index is 10.5. The van der Waals surface area contributed by atoms with Gasteiger partial charge in [0.15, 0.2) is 0 Å². The van der Waals surface area contributed by atoms with Crippen LogP contribution in [0.4, 0.5) is 0 Å². The van der Waals surface area contributed by atoms with Gasteiger partial charge in [0.05, 0.1) is 0 Å². The standard InChI is InChI=1S/C12H24O3.Zn/c1-2-3-4-5-6-7-8-9-10-11-12(13)15-14;/h14H,2-11H2,1H3;. The van der Waals surface area contributed by atoms with Crippen LogP contribution in [0.2, 0.25) is 0 Å². The van der Waals surface area contributed by atoms with Gasteiger partial charge in [-0.05, 0) is 6.42 Å². The molecule has 0 spiro atoms. The van der Waals surface area contributed by atoms with Gasteiger partial charge in [-0.3, -0.25) is 0 Å². The smallest absolute Gasteiger partial charge is 0.301 e. The molecular weight excluding hydrogens is 258 g/mol. The molecule has 4 heteroatoms. The van der Waals surface area contributed by atoms with Gasteiger partial charge in [0.1, 0.15) is 0 Å². The number of hydrogen-bond donors (Lipinski definition) is 1. The first-order valence-electron chi connectivity index (χ1n) is 6.15. The first-order valence-corrected chi connectivity index (χ1v) is 6.15. The molecule has 0 unspecified atom stereocenters. The second kappa shape index (κ2) is 15.1. The van der Waals surface area contributed by atoms with Gasteiger partial charge in [0.2, 0.25) is 0 Å². The average Bonchev–Trinajstić information content (AvgIpc) is 2.26. The Bertz CT molecular complexity index is 151. The van der Waals surface area contributed by atoms with E-state index in [0.717, 1.165) is 12.8 Å². The first kappa shape index (κ1) is 18.4. The third-order valence-electron chi connectivity index (χ3n) is 2.59. The van der Waals surface area contributed by atoms with Crippen LogP contribution in [0.5, 0.6) is 0 Å². The summed E-state index contributed by atoms with van der Waals surface area (Å²) in [6.07, 6.45) is 11.3. The van der Waals surface area contributed by atoms with Crippen LogP contribution in [0.1, 0.15) is 71.1 Å². The number of rotatable bonds is 10. The van der Waals surface area contributed by atoms with E-state index in [1.807, 2.05) is 0 Å². The molecule has 0 fully saturated rings. The fourth-order valence-corrected chi connectivity index (χ4v) is 1.63. The van der Waals surface area contributed by atoms with Gasteiger partial charge in [0, 0.05) is 25.9 Å². The van der Waals surface area contributed by atoms with Crippen LogP contribution in [0.3, 0.4) is 0 Å². The summed E-state index contributed by atoms with van der Waals surface area (Å²) in [6, 6.07) is 0. The molecule has 0 aliphatic heterocycles. The molecule has 0 amide bonds. The van der Waals surface area contributed by atoms with Crippen LogP contribution < -0.4 is 0 Å². The predicted octanol–water partition coefficient (Wildman–Crippen LogP) is 3.92. The van der Waals surface area contributed by atoms with Crippen LogP contribution in [0.25, 0.3) is 0 Å². The van der Waals surface area contributed by atoms with E-state index in [-0.39, 0.29) is 19.5 Å². The summed E-state index contributed by atoms with van der Waals surface area (Å²) >= 11 is 0. The molecule has 0 saturated heterocycles. The van der Waals surface area contributed by atoms with E-state index >= 15 is 0 Å². The molecular formula is C12H24O3Zn. The topological polar surface area (TPSA) is 46.5 Å². The molecule has 0 bridgehead atoms. The second-order valence-electron chi connectivity index (χ2n) is 4.04. The van der Waals surface area contributed by atoms with Gasteiger partial charge < -0.3 is 4.89 Å². The molecule has 0 heterocycles. The van der Waals surface area contributed by atoms with Crippen molar-refractivity contribution in [1.29, 1.82) is 0 Å². The Kier molecular flexibility index (Phi) is 17.3. The third-order valence-corrected chi connectivity index (χ3v) is 2.59. The van der Waals surface area contributed by atoms with Gasteiger partial charge in [-0.25, -0.2) is 4.79 Å². The van der Waals surface area contributed by atoms with Gasteiger partial charge in [-0.15, -0.1) is 0 Å². The Labute approximate surface area is 112 Å². The minimum Gasteiger partial charge on any atom is -0.301 e. The number of carbonyl (C=O) groups excluding carboxylic acids is 1. The third kappa shape index (κ3) is 14.1. The molecule has 0 saturated carbocycles. The van der Waals surface area contributed by atoms with Gasteiger partial charge in [-0.2, -0.15) is 5.26 Å². The summed E-state index contributed by atoms with van der Waals surface area (Å²) in [5, 5.41) is 8.01. The zero-order valence-corrected chi connectivity index (χ0v) is 13.5. The van der Waals surface area contributed by atoms with E-state index in [4.69, 9.17) is 5.26 Å². The van der Waals surface area contributed by atoms with E-state index in [0.29, 0.717) is 6.42 Å². The second-order valence-corrected chi connectivity index (χ2v) is 4.04. The normalized spacial score (nSPS) is 9.62. The van der Waals surface area contributed by atoms with E-state index in [1.54, 1.807) is 0 Å². The van der Waals surface area contributed by atoms with Crippen LogP contribution in [-0.2, 0) is 29.2 Å². The molecule has 0 radical (unpaired) electrons. The van der Waals surface area contributed by atoms with Crippen molar-refractivity contribution in [2.24, 2.45) is 0 Å². The van der Waals surface area contributed by atoms with E-state index in [1.165, 1.54) is 44.9 Å². The molecule has 0 aliphatic carbocycles. The quantitative estimate of drug-likeness (QED) is 0.286. The molecule has 0 aromatic rings. The van der Waals surface area contributed by atoms with Crippen molar-refractivity contribution in [1.82, 2.24) is 0 Å². The van der Waals surface area contributed by atoms with Gasteiger partial charge in [-0.1, -0.05) is 58.3 Å². The van der Waals surface area contributed by atoms with Crippen molar-refractivity contribution in [3.8, 4) is 0 Å². The summed E-state index contributed by atoms with van der Waals surface area (Å²) in [6.45, 7) is 2.22. The van der Waals surface area contributed by atoms with Crippen molar-refractivity contribution in [2.75, 3.05) is 0 Å². The number of hydrogen-bond acceptors (Lipinski definition) is 3. The van der Waals surface area contributed by atoms with Crippen molar-refractivity contribution in [2.45, 2.75) is 71.1 Å². The molecule has 92 valence electrons. The van der Waals surface area contributed by atoms with Crippen LogP contribution >= 0.6 is 0 Å². The summed E-state index contributed by atoms with van der Waals surface area (Å²) < 4.78 is 0. The van der Waals surface area contributed by atoms with E-state index in [9.17, 15) is 4.79 Å². The Morgan fingerprint density at radius 2 is 1.38 bits per heavy atom. The van der Waals surface area contributed by atoms with Crippen LogP contribution in [0.15, 0.2) is 0 Å². The fourth-order valence-electron chi connectivity index (χ4n) is 1.63. The average molecular weight is 282 g/mol. The SMILES string of the molecule is CCCCCCCCCCCC(=O)OO.[Zn]. The number of carbonyl (C=O) groups is 1. The molecule has 0 aromatic carbocycles. The minimum absolute atomic E-state index is 0. The van der Waals surface area contributed by atoms with Crippen molar-refractivity contribution in [3.05, 3.63) is 0 Å². The van der Waals surface area contributed by atoms with Crippen molar-refractivity contribution < 1.29 is 34.4 Å².